The lowest BCUT2D eigenvalue weighted by Gasteiger charge is -2.12. The lowest BCUT2D eigenvalue weighted by molar-refractivity contribution is -0.119. The molecule has 2 N–H and O–H groups in total. The van der Waals surface area contributed by atoms with Gasteiger partial charge in [-0.25, -0.2) is 9.67 Å². The number of amides is 2. The van der Waals surface area contributed by atoms with Crippen molar-refractivity contribution in [3.63, 3.8) is 0 Å². The number of anilines is 2. The Kier molecular flexibility index (Phi) is 4.59. The molecule has 2 aromatic carbocycles. The van der Waals surface area contributed by atoms with E-state index < -0.39 is 6.04 Å². The van der Waals surface area contributed by atoms with E-state index in [1.807, 2.05) is 24.3 Å². The number of nitrogens with zero attached hydrogens (tertiary/aromatic N) is 3. The first kappa shape index (κ1) is 17.5. The average Bonchev–Trinajstić information content (AvgIpc) is 3.38. The zero-order valence-electron chi connectivity index (χ0n) is 15.0. The van der Waals surface area contributed by atoms with Crippen molar-refractivity contribution in [1.82, 2.24) is 14.8 Å². The standard InChI is InChI=1S/C20H17N5O3/c1-13(25-12-21-11-22-25)19(26)23-15-6-8-16(9-7-15)24-20(27)18-10-14-4-2-3-5-17(14)28-18/h2-13H,1H3,(H,23,26)(H,24,27)/t13-/m1/s1. The molecule has 4 rings (SSSR count). The van der Waals surface area contributed by atoms with Crippen LogP contribution in [-0.2, 0) is 4.79 Å². The lowest BCUT2D eigenvalue weighted by Crippen LogP contribution is -2.24. The van der Waals surface area contributed by atoms with Crippen LogP contribution in [-0.4, -0.2) is 26.6 Å². The minimum atomic E-state index is -0.491. The van der Waals surface area contributed by atoms with Crippen molar-refractivity contribution in [1.29, 1.82) is 0 Å². The summed E-state index contributed by atoms with van der Waals surface area (Å²) in [6.07, 6.45) is 2.87. The zero-order chi connectivity index (χ0) is 19.5. The Morgan fingerprint density at radius 3 is 2.43 bits per heavy atom. The Hall–Kier alpha value is -3.94. The van der Waals surface area contributed by atoms with Crippen LogP contribution in [0.25, 0.3) is 11.0 Å². The van der Waals surface area contributed by atoms with Gasteiger partial charge >= 0.3 is 0 Å². The molecule has 1 atom stereocenters. The van der Waals surface area contributed by atoms with Crippen LogP contribution >= 0.6 is 0 Å². The summed E-state index contributed by atoms with van der Waals surface area (Å²) in [6.45, 7) is 1.73. The largest absolute Gasteiger partial charge is 0.451 e. The van der Waals surface area contributed by atoms with Gasteiger partial charge in [0.05, 0.1) is 0 Å². The maximum absolute atomic E-state index is 12.4. The van der Waals surface area contributed by atoms with E-state index in [0.29, 0.717) is 17.0 Å². The average molecular weight is 375 g/mol. The summed E-state index contributed by atoms with van der Waals surface area (Å²) in [7, 11) is 0. The highest BCUT2D eigenvalue weighted by molar-refractivity contribution is 6.04. The Bertz CT molecular complexity index is 1080. The maximum Gasteiger partial charge on any atom is 0.291 e. The number of hydrogen-bond donors (Lipinski definition) is 2. The number of carbonyl (C=O) groups is 2. The fourth-order valence-electron chi connectivity index (χ4n) is 2.71. The Morgan fingerprint density at radius 2 is 1.75 bits per heavy atom. The van der Waals surface area contributed by atoms with Gasteiger partial charge in [0.2, 0.25) is 5.91 Å². The number of hydrogen-bond acceptors (Lipinski definition) is 5. The lowest BCUT2D eigenvalue weighted by atomic mass is 10.2. The normalized spacial score (nSPS) is 11.9. The number of furan rings is 1. The minimum absolute atomic E-state index is 0.218. The highest BCUT2D eigenvalue weighted by Gasteiger charge is 2.16. The van der Waals surface area contributed by atoms with Crippen molar-refractivity contribution >= 4 is 34.2 Å². The van der Waals surface area contributed by atoms with E-state index in [1.54, 1.807) is 37.3 Å². The van der Waals surface area contributed by atoms with Gasteiger partial charge in [-0.15, -0.1) is 0 Å². The molecule has 8 nitrogen and oxygen atoms in total. The van der Waals surface area contributed by atoms with Gasteiger partial charge in [-0.1, -0.05) is 18.2 Å². The van der Waals surface area contributed by atoms with Crippen LogP contribution in [0.1, 0.15) is 23.5 Å². The molecule has 0 unspecified atom stereocenters. The number of rotatable bonds is 5. The summed E-state index contributed by atoms with van der Waals surface area (Å²) in [4.78, 5) is 28.5. The van der Waals surface area contributed by atoms with E-state index in [9.17, 15) is 9.59 Å². The molecule has 0 saturated heterocycles. The predicted molar refractivity (Wildman–Crippen MR) is 104 cm³/mol. The van der Waals surface area contributed by atoms with Gasteiger partial charge < -0.3 is 15.1 Å². The zero-order valence-corrected chi connectivity index (χ0v) is 15.0. The molecule has 2 amide bonds. The van der Waals surface area contributed by atoms with Gasteiger partial charge in [0.25, 0.3) is 5.91 Å². The first-order valence-corrected chi connectivity index (χ1v) is 8.65. The molecular weight excluding hydrogens is 358 g/mol. The molecule has 4 aromatic rings. The number of aromatic nitrogens is 3. The fourth-order valence-corrected chi connectivity index (χ4v) is 2.71. The Labute approximate surface area is 160 Å². The summed E-state index contributed by atoms with van der Waals surface area (Å²) in [6, 6.07) is 15.5. The number of fused-ring (bicyclic) bond motifs is 1. The van der Waals surface area contributed by atoms with Gasteiger partial charge in [0.1, 0.15) is 24.3 Å². The highest BCUT2D eigenvalue weighted by Crippen LogP contribution is 2.21. The summed E-state index contributed by atoms with van der Waals surface area (Å²) < 4.78 is 7.03. The molecular formula is C20H17N5O3. The molecule has 2 aromatic heterocycles. The molecule has 0 aliphatic rings. The summed E-state index contributed by atoms with van der Waals surface area (Å²) in [5.41, 5.74) is 1.86. The molecule has 0 radical (unpaired) electrons. The van der Waals surface area contributed by atoms with Crippen LogP contribution in [0.5, 0.6) is 0 Å². The van der Waals surface area contributed by atoms with Crippen LogP contribution in [0.15, 0.2) is 71.7 Å². The number of para-hydroxylation sites is 1. The molecule has 2 heterocycles. The van der Waals surface area contributed by atoms with E-state index in [4.69, 9.17) is 4.42 Å². The van der Waals surface area contributed by atoms with Crippen LogP contribution in [0.4, 0.5) is 11.4 Å². The van der Waals surface area contributed by atoms with Crippen LogP contribution in [0, 0.1) is 0 Å². The Balaban J connectivity index is 1.40. The summed E-state index contributed by atoms with van der Waals surface area (Å²) in [5.74, 6) is -0.322. The molecule has 28 heavy (non-hydrogen) atoms. The predicted octanol–water partition coefficient (Wildman–Crippen LogP) is 3.48. The number of benzene rings is 2. The number of carbonyl (C=O) groups excluding carboxylic acids is 2. The van der Waals surface area contributed by atoms with Gasteiger partial charge in [-0.2, -0.15) is 5.10 Å². The SMILES string of the molecule is C[C@H](C(=O)Nc1ccc(NC(=O)c2cc3ccccc3o2)cc1)n1cncn1. The van der Waals surface area contributed by atoms with Crippen LogP contribution in [0.2, 0.25) is 0 Å². The second-order valence-corrected chi connectivity index (χ2v) is 6.22. The van der Waals surface area contributed by atoms with E-state index >= 15 is 0 Å². The third-order valence-electron chi connectivity index (χ3n) is 4.27. The Morgan fingerprint density at radius 1 is 1.04 bits per heavy atom. The third kappa shape index (κ3) is 3.61. The highest BCUT2D eigenvalue weighted by atomic mass is 16.3. The van der Waals surface area contributed by atoms with E-state index in [1.165, 1.54) is 17.3 Å². The first-order valence-electron chi connectivity index (χ1n) is 8.65. The quantitative estimate of drug-likeness (QED) is 0.556. The fraction of sp³-hybridized carbons (Fsp3) is 0.100. The van der Waals surface area contributed by atoms with Gasteiger partial charge in [0.15, 0.2) is 5.76 Å². The van der Waals surface area contributed by atoms with Crippen LogP contribution < -0.4 is 10.6 Å². The molecule has 8 heteroatoms. The molecule has 0 aliphatic carbocycles. The number of nitrogens with one attached hydrogen (secondary N) is 2. The molecule has 140 valence electrons. The van der Waals surface area contributed by atoms with E-state index in [-0.39, 0.29) is 17.6 Å². The van der Waals surface area contributed by atoms with Crippen LogP contribution in [0.3, 0.4) is 0 Å². The van der Waals surface area contributed by atoms with Crippen molar-refractivity contribution in [2.24, 2.45) is 0 Å². The van der Waals surface area contributed by atoms with Crippen molar-refractivity contribution in [2.75, 3.05) is 10.6 Å². The molecule has 0 bridgehead atoms. The van der Waals surface area contributed by atoms with Gasteiger partial charge in [-0.05, 0) is 43.3 Å². The maximum atomic E-state index is 12.4. The second kappa shape index (κ2) is 7.36. The van der Waals surface area contributed by atoms with Crippen molar-refractivity contribution in [3.05, 3.63) is 73.0 Å². The molecule has 0 fully saturated rings. The molecule has 0 saturated carbocycles. The van der Waals surface area contributed by atoms with E-state index in [2.05, 4.69) is 20.7 Å². The van der Waals surface area contributed by atoms with Gasteiger partial charge in [0, 0.05) is 16.8 Å². The second-order valence-electron chi connectivity index (χ2n) is 6.22. The van der Waals surface area contributed by atoms with Crippen molar-refractivity contribution < 1.29 is 14.0 Å². The third-order valence-corrected chi connectivity index (χ3v) is 4.27. The van der Waals surface area contributed by atoms with Crippen molar-refractivity contribution in [3.8, 4) is 0 Å². The minimum Gasteiger partial charge on any atom is -0.451 e. The monoisotopic (exact) mass is 375 g/mol. The molecule has 0 spiro atoms. The van der Waals surface area contributed by atoms with Gasteiger partial charge in [-0.3, -0.25) is 9.59 Å². The van der Waals surface area contributed by atoms with E-state index in [0.717, 1.165) is 5.39 Å². The first-order chi connectivity index (χ1) is 13.6. The summed E-state index contributed by atoms with van der Waals surface area (Å²) >= 11 is 0. The summed E-state index contributed by atoms with van der Waals surface area (Å²) in [5, 5.41) is 10.4. The molecule has 0 aliphatic heterocycles. The van der Waals surface area contributed by atoms with Crippen molar-refractivity contribution in [2.45, 2.75) is 13.0 Å². The smallest absolute Gasteiger partial charge is 0.291 e. The topological polar surface area (TPSA) is 102 Å².